The summed E-state index contributed by atoms with van der Waals surface area (Å²) in [5.41, 5.74) is 0.261. The highest BCUT2D eigenvalue weighted by Gasteiger charge is 2.26. The number of amides is 2. The van der Waals surface area contributed by atoms with Gasteiger partial charge in [-0.25, -0.2) is 13.2 Å². The van der Waals surface area contributed by atoms with Crippen LogP contribution in [0.15, 0.2) is 28.7 Å². The van der Waals surface area contributed by atoms with Crippen molar-refractivity contribution in [2.24, 2.45) is 0 Å². The van der Waals surface area contributed by atoms with Gasteiger partial charge < -0.3 is 15.0 Å². The molecule has 9 nitrogen and oxygen atoms in total. The molecule has 1 rings (SSSR count). The number of nitrogens with one attached hydrogen (secondary N) is 1. The van der Waals surface area contributed by atoms with Crippen molar-refractivity contribution in [1.82, 2.24) is 10.2 Å². The first-order valence-corrected chi connectivity index (χ1v) is 11.4. The number of carbonyl (C=O) groups is 3. The summed E-state index contributed by atoms with van der Waals surface area (Å²) in [6.45, 7) is -0.399. The first-order valence-electron chi connectivity index (χ1n) is 8.56. The smallest absolute Gasteiger partial charge is 0.329 e. The average molecular weight is 488 g/mol. The summed E-state index contributed by atoms with van der Waals surface area (Å²) in [6, 6.07) is 7.18. The molecule has 2 amide bonds. The van der Waals surface area contributed by atoms with Gasteiger partial charge in [0.25, 0.3) is 11.8 Å². The number of ether oxygens (including phenoxy) is 1. The van der Waals surface area contributed by atoms with E-state index in [0.29, 0.717) is 4.47 Å². The third-order valence-electron chi connectivity index (χ3n) is 3.81. The van der Waals surface area contributed by atoms with Crippen LogP contribution in [0, 0.1) is 11.3 Å². The Bertz CT molecular complexity index is 897. The van der Waals surface area contributed by atoms with Crippen molar-refractivity contribution in [1.29, 1.82) is 5.26 Å². The average Bonchev–Trinajstić information content (AvgIpc) is 2.66. The van der Waals surface area contributed by atoms with E-state index in [2.05, 4.69) is 21.2 Å². The Morgan fingerprint density at radius 3 is 2.55 bits per heavy atom. The number of halogens is 1. The number of likely N-dealkylation sites (N-methyl/N-ethyl adjacent to an activating group) is 1. The van der Waals surface area contributed by atoms with Crippen LogP contribution in [0.1, 0.15) is 23.2 Å². The van der Waals surface area contributed by atoms with E-state index in [-0.39, 0.29) is 30.7 Å². The minimum atomic E-state index is -3.39. The molecule has 1 N–H and O–H groups in total. The highest BCUT2D eigenvalue weighted by Crippen LogP contribution is 2.16. The van der Waals surface area contributed by atoms with Gasteiger partial charge in [0.2, 0.25) is 0 Å². The summed E-state index contributed by atoms with van der Waals surface area (Å²) in [5.74, 6) is -2.38. The van der Waals surface area contributed by atoms with E-state index >= 15 is 0 Å². The zero-order chi connectivity index (χ0) is 22.0. The van der Waals surface area contributed by atoms with Crippen LogP contribution in [0.2, 0.25) is 0 Å². The predicted molar refractivity (Wildman–Crippen MR) is 109 cm³/mol. The van der Waals surface area contributed by atoms with Gasteiger partial charge in [-0.05, 0) is 34.5 Å². The Balaban J connectivity index is 2.82. The second-order valence-electron chi connectivity index (χ2n) is 6.26. The maximum absolute atomic E-state index is 12.5. The summed E-state index contributed by atoms with van der Waals surface area (Å²) in [7, 11) is -1.93. The maximum Gasteiger partial charge on any atom is 0.329 e. The summed E-state index contributed by atoms with van der Waals surface area (Å²) in [6.07, 6.45) is 0.945. The minimum absolute atomic E-state index is 0.134. The minimum Gasteiger partial charge on any atom is -0.454 e. The van der Waals surface area contributed by atoms with E-state index in [1.807, 2.05) is 6.07 Å². The molecule has 0 fully saturated rings. The summed E-state index contributed by atoms with van der Waals surface area (Å²) in [4.78, 5) is 38.0. The first-order chi connectivity index (χ1) is 13.5. The fraction of sp³-hybridized carbons (Fsp3) is 0.444. The molecule has 0 unspecified atom stereocenters. The van der Waals surface area contributed by atoms with Crippen LogP contribution >= 0.6 is 15.9 Å². The SMILES string of the molecule is CN(CCC#N)C(=O)COC(=O)[C@@H](CCS(C)(=O)=O)NC(=O)c1ccccc1Br. The van der Waals surface area contributed by atoms with Gasteiger partial charge in [-0.15, -0.1) is 0 Å². The topological polar surface area (TPSA) is 134 Å². The van der Waals surface area contributed by atoms with E-state index in [1.54, 1.807) is 18.2 Å². The molecule has 0 saturated carbocycles. The van der Waals surface area contributed by atoms with Crippen molar-refractivity contribution in [3.8, 4) is 6.07 Å². The van der Waals surface area contributed by atoms with Crippen LogP contribution in [-0.2, 0) is 24.2 Å². The molecule has 0 aromatic heterocycles. The molecule has 0 aliphatic carbocycles. The van der Waals surface area contributed by atoms with Crippen molar-refractivity contribution in [2.45, 2.75) is 18.9 Å². The molecule has 11 heteroatoms. The molecule has 1 aromatic carbocycles. The largest absolute Gasteiger partial charge is 0.454 e. The van der Waals surface area contributed by atoms with Crippen molar-refractivity contribution in [2.75, 3.05) is 32.2 Å². The Labute approximate surface area is 178 Å². The van der Waals surface area contributed by atoms with E-state index in [0.717, 1.165) is 6.26 Å². The molecule has 1 atom stereocenters. The fourth-order valence-electron chi connectivity index (χ4n) is 2.15. The van der Waals surface area contributed by atoms with E-state index in [1.165, 1.54) is 18.0 Å². The second kappa shape index (κ2) is 11.5. The standard InChI is InChI=1S/C18H22BrN3O6S/c1-22(10-5-9-20)16(23)12-28-18(25)15(8-11-29(2,26)27)21-17(24)13-6-3-4-7-14(13)19/h3-4,6-7,15H,5,8,10-12H2,1-2H3,(H,21,24)/t15-/m1/s1. The van der Waals surface area contributed by atoms with Crippen molar-refractivity contribution in [3.63, 3.8) is 0 Å². The summed E-state index contributed by atoms with van der Waals surface area (Å²) >= 11 is 3.23. The van der Waals surface area contributed by atoms with Gasteiger partial charge in [-0.1, -0.05) is 12.1 Å². The van der Waals surface area contributed by atoms with Crippen LogP contribution in [0.3, 0.4) is 0 Å². The monoisotopic (exact) mass is 487 g/mol. The zero-order valence-electron chi connectivity index (χ0n) is 16.1. The van der Waals surface area contributed by atoms with E-state index < -0.39 is 40.3 Å². The number of hydrogen-bond donors (Lipinski definition) is 1. The number of nitriles is 1. The van der Waals surface area contributed by atoms with Crippen LogP contribution in [-0.4, -0.2) is 69.4 Å². The number of sulfone groups is 1. The van der Waals surface area contributed by atoms with Gasteiger partial charge in [0.1, 0.15) is 15.9 Å². The molecule has 0 radical (unpaired) electrons. The van der Waals surface area contributed by atoms with Crippen molar-refractivity contribution < 1.29 is 27.5 Å². The van der Waals surface area contributed by atoms with Crippen molar-refractivity contribution in [3.05, 3.63) is 34.3 Å². The lowest BCUT2D eigenvalue weighted by Gasteiger charge is -2.19. The lowest BCUT2D eigenvalue weighted by Crippen LogP contribution is -2.44. The van der Waals surface area contributed by atoms with Gasteiger partial charge in [-0.2, -0.15) is 5.26 Å². The third-order valence-corrected chi connectivity index (χ3v) is 5.48. The molecule has 0 spiro atoms. The van der Waals surface area contributed by atoms with Crippen LogP contribution < -0.4 is 5.32 Å². The number of esters is 1. The number of benzene rings is 1. The number of carbonyl (C=O) groups excluding carboxylic acids is 3. The van der Waals surface area contributed by atoms with E-state index in [4.69, 9.17) is 10.00 Å². The highest BCUT2D eigenvalue weighted by molar-refractivity contribution is 9.10. The Kier molecular flexibility index (Phi) is 9.77. The Morgan fingerprint density at radius 2 is 1.97 bits per heavy atom. The Hall–Kier alpha value is -2.45. The molecule has 158 valence electrons. The molecular formula is C18H22BrN3O6S. The summed E-state index contributed by atoms with van der Waals surface area (Å²) in [5, 5.41) is 11.0. The number of hydrogen-bond acceptors (Lipinski definition) is 7. The molecule has 0 aliphatic heterocycles. The maximum atomic E-state index is 12.5. The van der Waals surface area contributed by atoms with Gasteiger partial charge in [0, 0.05) is 24.3 Å². The zero-order valence-corrected chi connectivity index (χ0v) is 18.5. The normalized spacial score (nSPS) is 11.8. The molecule has 0 heterocycles. The van der Waals surface area contributed by atoms with Crippen LogP contribution in [0.25, 0.3) is 0 Å². The highest BCUT2D eigenvalue weighted by atomic mass is 79.9. The quantitative estimate of drug-likeness (QED) is 0.484. The van der Waals surface area contributed by atoms with Crippen molar-refractivity contribution >= 4 is 43.6 Å². The summed E-state index contributed by atoms with van der Waals surface area (Å²) < 4.78 is 28.4. The number of nitrogens with zero attached hydrogens (tertiary/aromatic N) is 2. The molecule has 0 bridgehead atoms. The lowest BCUT2D eigenvalue weighted by molar-refractivity contribution is -0.153. The van der Waals surface area contributed by atoms with Gasteiger partial charge in [0.15, 0.2) is 6.61 Å². The van der Waals surface area contributed by atoms with Gasteiger partial charge >= 0.3 is 5.97 Å². The molecule has 0 saturated heterocycles. The Morgan fingerprint density at radius 1 is 1.31 bits per heavy atom. The second-order valence-corrected chi connectivity index (χ2v) is 9.37. The molecular weight excluding hydrogens is 466 g/mol. The lowest BCUT2D eigenvalue weighted by atomic mass is 10.1. The van der Waals surface area contributed by atoms with Crippen LogP contribution in [0.5, 0.6) is 0 Å². The number of rotatable bonds is 10. The fourth-order valence-corrected chi connectivity index (χ4v) is 3.28. The van der Waals surface area contributed by atoms with Crippen LogP contribution in [0.4, 0.5) is 0 Å². The first kappa shape index (κ1) is 24.6. The van der Waals surface area contributed by atoms with Gasteiger partial charge in [-0.3, -0.25) is 9.59 Å². The van der Waals surface area contributed by atoms with Gasteiger partial charge in [0.05, 0.1) is 23.8 Å². The van der Waals surface area contributed by atoms with E-state index in [9.17, 15) is 22.8 Å². The molecule has 29 heavy (non-hydrogen) atoms. The predicted octanol–water partition coefficient (Wildman–Crippen LogP) is 0.897. The molecule has 0 aliphatic rings. The molecule has 1 aromatic rings. The third kappa shape index (κ3) is 9.06.